The van der Waals surface area contributed by atoms with E-state index in [9.17, 15) is 14.4 Å². The van der Waals surface area contributed by atoms with Gasteiger partial charge in [-0.25, -0.2) is 4.79 Å². The van der Waals surface area contributed by atoms with Crippen molar-refractivity contribution < 1.29 is 23.9 Å². The Hall–Kier alpha value is -3.35. The topological polar surface area (TPSA) is 93.7 Å². The Kier molecular flexibility index (Phi) is 7.37. The Morgan fingerprint density at radius 3 is 2.52 bits per heavy atom. The summed E-state index contributed by atoms with van der Waals surface area (Å²) in [5, 5.41) is 5.26. The molecule has 0 spiro atoms. The molecule has 142 valence electrons. The van der Waals surface area contributed by atoms with Crippen LogP contribution in [0.3, 0.4) is 0 Å². The molecule has 0 saturated heterocycles. The second kappa shape index (κ2) is 9.96. The number of esters is 1. The number of nitrogens with one attached hydrogen (secondary N) is 2. The van der Waals surface area contributed by atoms with Gasteiger partial charge in [0.25, 0.3) is 11.8 Å². The highest BCUT2D eigenvalue weighted by Crippen LogP contribution is 2.16. The van der Waals surface area contributed by atoms with Crippen LogP contribution in [0.25, 0.3) is 0 Å². The van der Waals surface area contributed by atoms with Crippen LogP contribution in [0.2, 0.25) is 0 Å². The summed E-state index contributed by atoms with van der Waals surface area (Å²) in [6.07, 6.45) is 0. The molecule has 7 heteroatoms. The molecular weight excluding hydrogens is 348 g/mol. The van der Waals surface area contributed by atoms with Gasteiger partial charge >= 0.3 is 5.97 Å². The van der Waals surface area contributed by atoms with E-state index in [-0.39, 0.29) is 12.5 Å². The van der Waals surface area contributed by atoms with Crippen molar-refractivity contribution in [2.45, 2.75) is 13.8 Å². The molecule has 0 fully saturated rings. The molecule has 0 atom stereocenters. The Bertz CT molecular complexity index is 820. The zero-order valence-corrected chi connectivity index (χ0v) is 15.3. The molecule has 0 heterocycles. The molecule has 7 nitrogen and oxygen atoms in total. The van der Waals surface area contributed by atoms with Crippen molar-refractivity contribution in [3.05, 3.63) is 59.7 Å². The highest BCUT2D eigenvalue weighted by atomic mass is 16.6. The van der Waals surface area contributed by atoms with Crippen LogP contribution in [0.15, 0.2) is 48.5 Å². The number of ether oxygens (including phenoxy) is 2. The molecule has 27 heavy (non-hydrogen) atoms. The van der Waals surface area contributed by atoms with Gasteiger partial charge in [0.05, 0.1) is 0 Å². The molecule has 0 aliphatic rings. The Morgan fingerprint density at radius 1 is 1.00 bits per heavy atom. The monoisotopic (exact) mass is 370 g/mol. The van der Waals surface area contributed by atoms with E-state index in [1.807, 2.05) is 26.0 Å². The van der Waals surface area contributed by atoms with E-state index in [4.69, 9.17) is 9.47 Å². The van der Waals surface area contributed by atoms with Gasteiger partial charge in [0, 0.05) is 17.8 Å². The van der Waals surface area contributed by atoms with E-state index in [1.54, 1.807) is 36.4 Å². The normalized spacial score (nSPS) is 10.0. The number of hydrogen-bond acceptors (Lipinski definition) is 5. The molecule has 0 bridgehead atoms. The maximum atomic E-state index is 11.9. The number of amides is 2. The molecule has 2 aromatic rings. The molecule has 2 N–H and O–H groups in total. The lowest BCUT2D eigenvalue weighted by Crippen LogP contribution is -2.24. The molecule has 0 aliphatic heterocycles. The molecule has 0 saturated carbocycles. The number of anilines is 1. The van der Waals surface area contributed by atoms with Crippen molar-refractivity contribution in [3.8, 4) is 5.75 Å². The summed E-state index contributed by atoms with van der Waals surface area (Å²) in [7, 11) is 0. The third kappa shape index (κ3) is 6.47. The summed E-state index contributed by atoms with van der Waals surface area (Å²) in [4.78, 5) is 35.4. The van der Waals surface area contributed by atoms with Gasteiger partial charge in [-0.05, 0) is 43.7 Å². The smallest absolute Gasteiger partial charge is 0.344 e. The van der Waals surface area contributed by atoms with Gasteiger partial charge in [-0.1, -0.05) is 24.3 Å². The molecule has 0 aromatic heterocycles. The summed E-state index contributed by atoms with van der Waals surface area (Å²) >= 11 is 0. The zero-order valence-electron chi connectivity index (χ0n) is 15.3. The summed E-state index contributed by atoms with van der Waals surface area (Å²) in [6, 6.07) is 13.8. The number of benzene rings is 2. The zero-order chi connectivity index (χ0) is 19.6. The van der Waals surface area contributed by atoms with Crippen LogP contribution in [0, 0.1) is 6.92 Å². The largest absolute Gasteiger partial charge is 0.482 e. The lowest BCUT2D eigenvalue weighted by atomic mass is 10.2. The predicted molar refractivity (Wildman–Crippen MR) is 101 cm³/mol. The van der Waals surface area contributed by atoms with Gasteiger partial charge < -0.3 is 20.1 Å². The van der Waals surface area contributed by atoms with Crippen LogP contribution in [-0.4, -0.2) is 37.5 Å². The first-order valence-electron chi connectivity index (χ1n) is 8.51. The van der Waals surface area contributed by atoms with Crippen molar-refractivity contribution in [3.63, 3.8) is 0 Å². The summed E-state index contributed by atoms with van der Waals surface area (Å²) in [5.74, 6) is -0.800. The number of carbonyl (C=O) groups is 3. The Labute approximate surface area is 157 Å². The quantitative estimate of drug-likeness (QED) is 0.696. The van der Waals surface area contributed by atoms with E-state index in [0.29, 0.717) is 23.5 Å². The van der Waals surface area contributed by atoms with E-state index in [0.717, 1.165) is 5.56 Å². The highest BCUT2D eigenvalue weighted by molar-refractivity contribution is 5.97. The maximum absolute atomic E-state index is 11.9. The molecule has 2 rings (SSSR count). The molecular formula is C20H22N2O5. The average molecular weight is 370 g/mol. The van der Waals surface area contributed by atoms with Crippen LogP contribution >= 0.6 is 0 Å². The van der Waals surface area contributed by atoms with Gasteiger partial charge in [-0.3, -0.25) is 9.59 Å². The highest BCUT2D eigenvalue weighted by Gasteiger charge is 2.11. The Balaban J connectivity index is 1.79. The van der Waals surface area contributed by atoms with Crippen molar-refractivity contribution >= 4 is 23.5 Å². The molecule has 2 aromatic carbocycles. The average Bonchev–Trinajstić information content (AvgIpc) is 2.66. The van der Waals surface area contributed by atoms with Gasteiger partial charge in [0.15, 0.2) is 13.2 Å². The molecule has 0 unspecified atom stereocenters. The minimum Gasteiger partial charge on any atom is -0.482 e. The fraction of sp³-hybridized carbons (Fsp3) is 0.250. The fourth-order valence-corrected chi connectivity index (χ4v) is 2.24. The molecule has 0 radical (unpaired) electrons. The minimum absolute atomic E-state index is 0.228. The lowest BCUT2D eigenvalue weighted by molar-refractivity contribution is -0.149. The lowest BCUT2D eigenvalue weighted by Gasteiger charge is -2.10. The van der Waals surface area contributed by atoms with Crippen molar-refractivity contribution in [2.75, 3.05) is 25.1 Å². The Morgan fingerprint density at radius 2 is 1.78 bits per heavy atom. The minimum atomic E-state index is -0.649. The first-order chi connectivity index (χ1) is 13.0. The summed E-state index contributed by atoms with van der Waals surface area (Å²) in [6.45, 7) is 3.46. The maximum Gasteiger partial charge on any atom is 0.344 e. The predicted octanol–water partition coefficient (Wildman–Crippen LogP) is 2.31. The molecule has 2 amide bonds. The van der Waals surface area contributed by atoms with E-state index >= 15 is 0 Å². The summed E-state index contributed by atoms with van der Waals surface area (Å²) in [5.41, 5.74) is 1.77. The first-order valence-corrected chi connectivity index (χ1v) is 8.51. The van der Waals surface area contributed by atoms with Crippen LogP contribution in [0.1, 0.15) is 22.8 Å². The second-order valence-corrected chi connectivity index (χ2v) is 5.70. The SMILES string of the molecule is CCNC(=O)c1cccc(NC(=O)COC(=O)COc2ccccc2C)c1. The van der Waals surface area contributed by atoms with E-state index in [1.165, 1.54) is 0 Å². The van der Waals surface area contributed by atoms with Gasteiger partial charge in [0.2, 0.25) is 0 Å². The number of para-hydroxylation sites is 1. The summed E-state index contributed by atoms with van der Waals surface area (Å²) < 4.78 is 10.3. The number of rotatable bonds is 8. The molecule has 0 aliphatic carbocycles. The van der Waals surface area contributed by atoms with E-state index in [2.05, 4.69) is 10.6 Å². The standard InChI is InChI=1S/C20H22N2O5/c1-3-21-20(25)15-8-6-9-16(11-15)22-18(23)12-27-19(24)13-26-17-10-5-4-7-14(17)2/h4-11H,3,12-13H2,1-2H3,(H,21,25)(H,22,23). The van der Waals surface area contributed by atoms with E-state index < -0.39 is 18.5 Å². The number of aryl methyl sites for hydroxylation is 1. The third-order valence-electron chi connectivity index (χ3n) is 3.55. The first kappa shape index (κ1) is 20.0. The number of hydrogen-bond donors (Lipinski definition) is 2. The van der Waals surface area contributed by atoms with Gasteiger partial charge in [-0.2, -0.15) is 0 Å². The van der Waals surface area contributed by atoms with Crippen molar-refractivity contribution in [1.82, 2.24) is 5.32 Å². The number of carbonyl (C=O) groups excluding carboxylic acids is 3. The third-order valence-corrected chi connectivity index (χ3v) is 3.55. The van der Waals surface area contributed by atoms with Crippen LogP contribution in [0.4, 0.5) is 5.69 Å². The second-order valence-electron chi connectivity index (χ2n) is 5.70. The van der Waals surface area contributed by atoms with Crippen LogP contribution in [-0.2, 0) is 14.3 Å². The fourth-order valence-electron chi connectivity index (χ4n) is 2.24. The van der Waals surface area contributed by atoms with Crippen LogP contribution in [0.5, 0.6) is 5.75 Å². The van der Waals surface area contributed by atoms with Gasteiger partial charge in [-0.15, -0.1) is 0 Å². The van der Waals surface area contributed by atoms with Crippen molar-refractivity contribution in [1.29, 1.82) is 0 Å². The van der Waals surface area contributed by atoms with Crippen LogP contribution < -0.4 is 15.4 Å². The van der Waals surface area contributed by atoms with Crippen molar-refractivity contribution in [2.24, 2.45) is 0 Å². The van der Waals surface area contributed by atoms with Gasteiger partial charge in [0.1, 0.15) is 5.75 Å².